The zero-order valence-electron chi connectivity index (χ0n) is 12.5. The van der Waals surface area contributed by atoms with E-state index in [1.165, 1.54) is 17.7 Å². The van der Waals surface area contributed by atoms with E-state index in [9.17, 15) is 8.78 Å². The van der Waals surface area contributed by atoms with Gasteiger partial charge in [0.15, 0.2) is 0 Å². The molecular weight excluding hydrogens is 268 g/mol. The first-order valence-electron chi connectivity index (χ1n) is 7.34. The molecule has 2 rings (SSSR count). The van der Waals surface area contributed by atoms with Crippen LogP contribution in [0.1, 0.15) is 36.1 Å². The van der Waals surface area contributed by atoms with Gasteiger partial charge in [-0.05, 0) is 43.5 Å². The first-order chi connectivity index (χ1) is 10.1. The van der Waals surface area contributed by atoms with Crippen molar-refractivity contribution in [2.75, 3.05) is 6.54 Å². The summed E-state index contributed by atoms with van der Waals surface area (Å²) in [4.78, 5) is 0. The molecule has 0 heterocycles. The van der Waals surface area contributed by atoms with Gasteiger partial charge in [-0.2, -0.15) is 0 Å². The zero-order chi connectivity index (χ0) is 15.2. The van der Waals surface area contributed by atoms with Gasteiger partial charge in [-0.3, -0.25) is 0 Å². The Bertz CT molecular complexity index is 578. The Balaban J connectivity index is 2.21. The molecule has 1 nitrogen and oxygen atoms in total. The third kappa shape index (κ3) is 4.36. The highest BCUT2D eigenvalue weighted by molar-refractivity contribution is 5.27. The highest BCUT2D eigenvalue weighted by Crippen LogP contribution is 2.21. The summed E-state index contributed by atoms with van der Waals surface area (Å²) >= 11 is 0. The SMILES string of the molecule is CCCNC(Cc1ccc(F)cc1F)c1ccc(C)cc1. The fourth-order valence-electron chi connectivity index (χ4n) is 2.33. The Labute approximate surface area is 125 Å². The van der Waals surface area contributed by atoms with Gasteiger partial charge in [0.2, 0.25) is 0 Å². The minimum absolute atomic E-state index is 0.0329. The molecule has 0 spiro atoms. The summed E-state index contributed by atoms with van der Waals surface area (Å²) in [5, 5.41) is 3.44. The second-order valence-corrected chi connectivity index (χ2v) is 5.36. The van der Waals surface area contributed by atoms with Crippen molar-refractivity contribution < 1.29 is 8.78 Å². The van der Waals surface area contributed by atoms with E-state index in [4.69, 9.17) is 0 Å². The van der Waals surface area contributed by atoms with Crippen LogP contribution in [0, 0.1) is 18.6 Å². The van der Waals surface area contributed by atoms with Crippen molar-refractivity contribution >= 4 is 0 Å². The molecule has 0 saturated heterocycles. The maximum atomic E-state index is 13.8. The molecule has 0 aliphatic rings. The van der Waals surface area contributed by atoms with Gasteiger partial charge in [-0.1, -0.05) is 42.8 Å². The molecule has 0 saturated carbocycles. The lowest BCUT2D eigenvalue weighted by molar-refractivity contribution is 0.508. The third-order valence-electron chi connectivity index (χ3n) is 3.56. The van der Waals surface area contributed by atoms with E-state index in [1.807, 2.05) is 6.92 Å². The van der Waals surface area contributed by atoms with E-state index in [1.54, 1.807) is 0 Å². The van der Waals surface area contributed by atoms with E-state index in [0.29, 0.717) is 12.0 Å². The first kappa shape index (κ1) is 15.6. The average molecular weight is 289 g/mol. The Kier molecular flexibility index (Phi) is 5.45. The minimum atomic E-state index is -0.537. The highest BCUT2D eigenvalue weighted by atomic mass is 19.1. The molecule has 0 aliphatic heterocycles. The number of hydrogen-bond acceptors (Lipinski definition) is 1. The number of halogens is 2. The Hall–Kier alpha value is -1.74. The maximum Gasteiger partial charge on any atom is 0.129 e. The summed E-state index contributed by atoms with van der Waals surface area (Å²) in [7, 11) is 0. The van der Waals surface area contributed by atoms with Gasteiger partial charge in [0.25, 0.3) is 0 Å². The summed E-state index contributed by atoms with van der Waals surface area (Å²) in [6, 6.07) is 12.0. The second-order valence-electron chi connectivity index (χ2n) is 5.36. The van der Waals surface area contributed by atoms with E-state index in [2.05, 4.69) is 36.5 Å². The molecule has 2 aromatic rings. The van der Waals surface area contributed by atoms with E-state index < -0.39 is 11.6 Å². The standard InChI is InChI=1S/C18H21F2N/c1-3-10-21-18(14-6-4-13(2)5-7-14)11-15-8-9-16(19)12-17(15)20/h4-9,12,18,21H,3,10-11H2,1-2H3. The van der Waals surface area contributed by atoms with Crippen LogP contribution in [-0.4, -0.2) is 6.54 Å². The molecule has 21 heavy (non-hydrogen) atoms. The lowest BCUT2D eigenvalue weighted by Crippen LogP contribution is -2.24. The van der Waals surface area contributed by atoms with E-state index >= 15 is 0 Å². The van der Waals surface area contributed by atoms with Crippen LogP contribution < -0.4 is 5.32 Å². The Morgan fingerprint density at radius 2 is 1.76 bits per heavy atom. The molecular formula is C18H21F2N. The lowest BCUT2D eigenvalue weighted by atomic mass is 9.97. The number of rotatable bonds is 6. The van der Waals surface area contributed by atoms with Crippen molar-refractivity contribution in [3.05, 3.63) is 70.8 Å². The minimum Gasteiger partial charge on any atom is -0.310 e. The van der Waals surface area contributed by atoms with Crippen LogP contribution in [0.5, 0.6) is 0 Å². The molecule has 0 aliphatic carbocycles. The van der Waals surface area contributed by atoms with Crippen molar-refractivity contribution in [3.63, 3.8) is 0 Å². The van der Waals surface area contributed by atoms with Crippen LogP contribution in [0.25, 0.3) is 0 Å². The molecule has 1 N–H and O–H groups in total. The van der Waals surface area contributed by atoms with Gasteiger partial charge in [-0.25, -0.2) is 8.78 Å². The molecule has 3 heteroatoms. The summed E-state index contributed by atoms with van der Waals surface area (Å²) < 4.78 is 26.8. The van der Waals surface area contributed by atoms with E-state index in [0.717, 1.165) is 24.6 Å². The van der Waals surface area contributed by atoms with Crippen LogP contribution >= 0.6 is 0 Å². The predicted molar refractivity (Wildman–Crippen MR) is 82.3 cm³/mol. The third-order valence-corrected chi connectivity index (χ3v) is 3.56. The highest BCUT2D eigenvalue weighted by Gasteiger charge is 2.14. The molecule has 1 unspecified atom stereocenters. The molecule has 0 amide bonds. The van der Waals surface area contributed by atoms with Gasteiger partial charge < -0.3 is 5.32 Å². The van der Waals surface area contributed by atoms with Gasteiger partial charge in [0.1, 0.15) is 11.6 Å². The summed E-state index contributed by atoms with van der Waals surface area (Å²) in [6.45, 7) is 5.00. The van der Waals surface area contributed by atoms with Crippen molar-refractivity contribution in [2.24, 2.45) is 0 Å². The van der Waals surface area contributed by atoms with Crippen LogP contribution in [0.3, 0.4) is 0 Å². The molecule has 0 fully saturated rings. The summed E-state index contributed by atoms with van der Waals surface area (Å²) in [5.41, 5.74) is 2.85. The van der Waals surface area contributed by atoms with Gasteiger partial charge in [0.05, 0.1) is 0 Å². The monoisotopic (exact) mass is 289 g/mol. The Morgan fingerprint density at radius 1 is 1.05 bits per heavy atom. The molecule has 2 aromatic carbocycles. The average Bonchev–Trinajstić information content (AvgIpc) is 2.46. The smallest absolute Gasteiger partial charge is 0.129 e. The first-order valence-corrected chi connectivity index (χ1v) is 7.34. The fraction of sp³-hybridized carbons (Fsp3) is 0.333. The number of aryl methyl sites for hydroxylation is 1. The van der Waals surface area contributed by atoms with Crippen LogP contribution in [0.15, 0.2) is 42.5 Å². The molecule has 0 bridgehead atoms. The number of hydrogen-bond donors (Lipinski definition) is 1. The lowest BCUT2D eigenvalue weighted by Gasteiger charge is -2.20. The fourth-order valence-corrected chi connectivity index (χ4v) is 2.33. The van der Waals surface area contributed by atoms with E-state index in [-0.39, 0.29) is 6.04 Å². The number of benzene rings is 2. The predicted octanol–water partition coefficient (Wildman–Crippen LogP) is 4.56. The second kappa shape index (κ2) is 7.32. The summed E-state index contributed by atoms with van der Waals surface area (Å²) in [5.74, 6) is -1.02. The molecule has 0 radical (unpaired) electrons. The largest absolute Gasteiger partial charge is 0.310 e. The topological polar surface area (TPSA) is 12.0 Å². The van der Waals surface area contributed by atoms with Crippen molar-refractivity contribution in [1.82, 2.24) is 5.32 Å². The van der Waals surface area contributed by atoms with Gasteiger partial charge >= 0.3 is 0 Å². The quantitative estimate of drug-likeness (QED) is 0.822. The van der Waals surface area contributed by atoms with Crippen molar-refractivity contribution in [1.29, 1.82) is 0 Å². The molecule has 112 valence electrons. The van der Waals surface area contributed by atoms with Gasteiger partial charge in [-0.15, -0.1) is 0 Å². The number of nitrogens with one attached hydrogen (secondary N) is 1. The Morgan fingerprint density at radius 3 is 2.38 bits per heavy atom. The van der Waals surface area contributed by atoms with Crippen molar-refractivity contribution in [3.8, 4) is 0 Å². The van der Waals surface area contributed by atoms with Crippen LogP contribution in [0.4, 0.5) is 8.78 Å². The molecule has 1 atom stereocenters. The zero-order valence-corrected chi connectivity index (χ0v) is 12.5. The maximum absolute atomic E-state index is 13.8. The normalized spacial score (nSPS) is 12.4. The van der Waals surface area contributed by atoms with Crippen LogP contribution in [-0.2, 0) is 6.42 Å². The molecule has 0 aromatic heterocycles. The summed E-state index contributed by atoms with van der Waals surface area (Å²) in [6.07, 6.45) is 1.52. The van der Waals surface area contributed by atoms with Crippen molar-refractivity contribution in [2.45, 2.75) is 32.7 Å². The van der Waals surface area contributed by atoms with Gasteiger partial charge in [0, 0.05) is 12.1 Å². The van der Waals surface area contributed by atoms with Crippen LogP contribution in [0.2, 0.25) is 0 Å².